The van der Waals surface area contributed by atoms with E-state index in [0.29, 0.717) is 0 Å². The molecule has 8 heteroatoms. The van der Waals surface area contributed by atoms with Crippen molar-refractivity contribution in [2.75, 3.05) is 7.11 Å². The molecule has 0 amide bonds. The Labute approximate surface area is 129 Å². The lowest BCUT2D eigenvalue weighted by Crippen LogP contribution is -2.09. The van der Waals surface area contributed by atoms with E-state index >= 15 is 0 Å². The summed E-state index contributed by atoms with van der Waals surface area (Å²) in [6.07, 6.45) is -0.652. The molecule has 0 aliphatic heterocycles. The SMILES string of the molecule is COC(=O)Cc1c(Cl)c(Cl)c(Cl)c(CC(=O)O)c1Cl. The highest BCUT2D eigenvalue weighted by Crippen LogP contribution is 2.41. The third kappa shape index (κ3) is 3.66. The number of carbonyl (C=O) groups is 2. The Morgan fingerprint density at radius 3 is 1.84 bits per heavy atom. The fourth-order valence-electron chi connectivity index (χ4n) is 1.41. The standard InChI is InChI=1S/C11H8Cl4O4/c1-19-7(18)3-5-8(12)4(2-6(16)17)9(13)11(15)10(5)14/h2-3H2,1H3,(H,16,17). The minimum atomic E-state index is -1.13. The topological polar surface area (TPSA) is 63.6 Å². The number of carboxylic acid groups (broad SMARTS) is 1. The highest BCUT2D eigenvalue weighted by molar-refractivity contribution is 6.50. The molecule has 1 aromatic carbocycles. The minimum absolute atomic E-state index is 0.00667. The van der Waals surface area contributed by atoms with E-state index in [-0.39, 0.29) is 37.6 Å². The maximum Gasteiger partial charge on any atom is 0.310 e. The van der Waals surface area contributed by atoms with Crippen LogP contribution in [0.25, 0.3) is 0 Å². The molecule has 0 heterocycles. The molecule has 0 unspecified atom stereocenters. The number of hydrogen-bond acceptors (Lipinski definition) is 3. The smallest absolute Gasteiger partial charge is 0.310 e. The van der Waals surface area contributed by atoms with Gasteiger partial charge < -0.3 is 9.84 Å². The molecule has 0 aromatic heterocycles. The molecule has 104 valence electrons. The average Bonchev–Trinajstić information content (AvgIpc) is 2.36. The van der Waals surface area contributed by atoms with Crippen molar-refractivity contribution in [3.63, 3.8) is 0 Å². The van der Waals surface area contributed by atoms with Gasteiger partial charge in [0, 0.05) is 11.1 Å². The summed E-state index contributed by atoms with van der Waals surface area (Å²) >= 11 is 23.8. The highest BCUT2D eigenvalue weighted by Gasteiger charge is 2.23. The molecule has 1 rings (SSSR count). The van der Waals surface area contributed by atoms with E-state index in [1.807, 2.05) is 0 Å². The summed E-state index contributed by atoms with van der Waals surface area (Å²) < 4.78 is 4.51. The number of ether oxygens (including phenoxy) is 1. The van der Waals surface area contributed by atoms with Crippen molar-refractivity contribution in [3.8, 4) is 0 Å². The quantitative estimate of drug-likeness (QED) is 0.514. The van der Waals surface area contributed by atoms with Crippen molar-refractivity contribution >= 4 is 58.3 Å². The van der Waals surface area contributed by atoms with Gasteiger partial charge in [0.15, 0.2) is 0 Å². The van der Waals surface area contributed by atoms with Crippen LogP contribution < -0.4 is 0 Å². The first kappa shape index (κ1) is 16.4. The molecule has 0 aliphatic rings. The Kier molecular flexibility index (Phi) is 5.74. The van der Waals surface area contributed by atoms with Crippen LogP contribution in [0, 0.1) is 0 Å². The van der Waals surface area contributed by atoms with E-state index in [1.54, 1.807) is 0 Å². The average molecular weight is 346 g/mol. The monoisotopic (exact) mass is 344 g/mol. The molecule has 1 aromatic rings. The van der Waals surface area contributed by atoms with Crippen molar-refractivity contribution in [1.82, 2.24) is 0 Å². The van der Waals surface area contributed by atoms with E-state index in [2.05, 4.69) is 4.74 Å². The molecule has 0 fully saturated rings. The van der Waals surface area contributed by atoms with Crippen LogP contribution in [-0.2, 0) is 27.2 Å². The first-order valence-electron chi connectivity index (χ1n) is 4.91. The van der Waals surface area contributed by atoms with E-state index < -0.39 is 18.4 Å². The lowest BCUT2D eigenvalue weighted by Gasteiger charge is -2.14. The third-order valence-corrected chi connectivity index (χ3v) is 4.18. The molecule has 0 saturated carbocycles. The molecule has 0 spiro atoms. The predicted molar refractivity (Wildman–Crippen MR) is 73.5 cm³/mol. The molecule has 0 radical (unpaired) electrons. The number of esters is 1. The Morgan fingerprint density at radius 2 is 1.42 bits per heavy atom. The summed E-state index contributed by atoms with van der Waals surface area (Å²) in [6, 6.07) is 0. The van der Waals surface area contributed by atoms with Crippen LogP contribution in [0.3, 0.4) is 0 Å². The lowest BCUT2D eigenvalue weighted by atomic mass is 10.0. The molecule has 0 bridgehead atoms. The number of carboxylic acids is 1. The summed E-state index contributed by atoms with van der Waals surface area (Å²) in [7, 11) is 1.21. The number of carbonyl (C=O) groups excluding carboxylic acids is 1. The molecule has 0 aliphatic carbocycles. The van der Waals surface area contributed by atoms with E-state index in [1.165, 1.54) is 7.11 Å². The summed E-state index contributed by atoms with van der Waals surface area (Å²) in [5.74, 6) is -1.71. The first-order chi connectivity index (χ1) is 8.79. The second kappa shape index (κ2) is 6.66. The fraction of sp³-hybridized carbons (Fsp3) is 0.273. The zero-order valence-corrected chi connectivity index (χ0v) is 12.6. The van der Waals surface area contributed by atoms with Crippen LogP contribution in [0.2, 0.25) is 20.1 Å². The van der Waals surface area contributed by atoms with Gasteiger partial charge in [-0.1, -0.05) is 46.4 Å². The molecule has 1 N–H and O–H groups in total. The Bertz CT molecular complexity index is 542. The fourth-order valence-corrected chi connectivity index (χ4v) is 2.62. The zero-order chi connectivity index (χ0) is 14.7. The molecule has 19 heavy (non-hydrogen) atoms. The molecular formula is C11H8Cl4O4. The normalized spacial score (nSPS) is 10.4. The molecule has 4 nitrogen and oxygen atoms in total. The minimum Gasteiger partial charge on any atom is -0.481 e. The van der Waals surface area contributed by atoms with Gasteiger partial charge in [-0.15, -0.1) is 0 Å². The lowest BCUT2D eigenvalue weighted by molar-refractivity contribution is -0.140. The Balaban J connectivity index is 3.42. The van der Waals surface area contributed by atoms with E-state index in [4.69, 9.17) is 51.5 Å². The van der Waals surface area contributed by atoms with Crippen molar-refractivity contribution in [2.24, 2.45) is 0 Å². The van der Waals surface area contributed by atoms with Crippen LogP contribution in [-0.4, -0.2) is 24.2 Å². The molecule has 0 atom stereocenters. The van der Waals surface area contributed by atoms with Crippen molar-refractivity contribution < 1.29 is 19.4 Å². The van der Waals surface area contributed by atoms with Gasteiger partial charge in [-0.2, -0.15) is 0 Å². The number of hydrogen-bond donors (Lipinski definition) is 1. The van der Waals surface area contributed by atoms with Crippen molar-refractivity contribution in [3.05, 3.63) is 31.2 Å². The maximum absolute atomic E-state index is 11.3. The van der Waals surface area contributed by atoms with Gasteiger partial charge in [0.05, 0.1) is 40.0 Å². The summed E-state index contributed by atoms with van der Waals surface area (Å²) in [4.78, 5) is 22.1. The van der Waals surface area contributed by atoms with E-state index in [9.17, 15) is 9.59 Å². The largest absolute Gasteiger partial charge is 0.481 e. The van der Waals surface area contributed by atoms with Crippen LogP contribution in [0.15, 0.2) is 0 Å². The first-order valence-corrected chi connectivity index (χ1v) is 6.43. The molecule has 0 saturated heterocycles. The van der Waals surface area contributed by atoms with E-state index in [0.717, 1.165) is 0 Å². The Hall–Kier alpha value is -0.680. The highest BCUT2D eigenvalue weighted by atomic mass is 35.5. The van der Waals surface area contributed by atoms with Crippen molar-refractivity contribution in [2.45, 2.75) is 12.8 Å². The van der Waals surface area contributed by atoms with Crippen LogP contribution >= 0.6 is 46.4 Å². The van der Waals surface area contributed by atoms with Gasteiger partial charge >= 0.3 is 11.9 Å². The summed E-state index contributed by atoms with van der Waals surface area (Å²) in [5.41, 5.74) is 0.310. The number of halogens is 4. The van der Waals surface area contributed by atoms with Crippen LogP contribution in [0.5, 0.6) is 0 Å². The van der Waals surface area contributed by atoms with Gasteiger partial charge in [0.2, 0.25) is 0 Å². The van der Waals surface area contributed by atoms with Crippen LogP contribution in [0.4, 0.5) is 0 Å². The molecular weight excluding hydrogens is 338 g/mol. The predicted octanol–water partition coefficient (Wildman–Crippen LogP) is 3.64. The second-order valence-electron chi connectivity index (χ2n) is 3.54. The summed E-state index contributed by atoms with van der Waals surface area (Å²) in [5, 5.41) is 8.75. The Morgan fingerprint density at radius 1 is 0.947 bits per heavy atom. The van der Waals surface area contributed by atoms with Gasteiger partial charge in [-0.3, -0.25) is 9.59 Å². The number of rotatable bonds is 4. The number of aliphatic carboxylic acids is 1. The van der Waals surface area contributed by atoms with Gasteiger partial charge in [-0.25, -0.2) is 0 Å². The maximum atomic E-state index is 11.3. The third-order valence-electron chi connectivity index (χ3n) is 2.32. The van der Waals surface area contributed by atoms with Crippen LogP contribution in [0.1, 0.15) is 11.1 Å². The zero-order valence-electron chi connectivity index (χ0n) is 9.60. The van der Waals surface area contributed by atoms with Crippen molar-refractivity contribution in [1.29, 1.82) is 0 Å². The number of benzene rings is 1. The van der Waals surface area contributed by atoms with Gasteiger partial charge in [0.1, 0.15) is 0 Å². The second-order valence-corrected chi connectivity index (χ2v) is 5.05. The van der Waals surface area contributed by atoms with Gasteiger partial charge in [0.25, 0.3) is 0 Å². The number of methoxy groups -OCH3 is 1. The summed E-state index contributed by atoms with van der Waals surface area (Å²) in [6.45, 7) is 0. The van der Waals surface area contributed by atoms with Gasteiger partial charge in [-0.05, 0) is 0 Å².